The number of unbranched alkanes of at least 4 members (excludes halogenated alkanes) is 2. The molecule has 1 aromatic carbocycles. The van der Waals surface area contributed by atoms with Crippen LogP contribution in [-0.4, -0.2) is 31.9 Å². The largest absolute Gasteiger partial charge is 0.507 e. The zero-order valence-electron chi connectivity index (χ0n) is 16.0. The van der Waals surface area contributed by atoms with Crippen LogP contribution in [0.3, 0.4) is 0 Å². The van der Waals surface area contributed by atoms with Gasteiger partial charge in [-0.05, 0) is 76.5 Å². The Morgan fingerprint density at radius 3 is 2.44 bits per heavy atom. The van der Waals surface area contributed by atoms with E-state index in [-0.39, 0.29) is 5.60 Å². The Bertz CT molecular complexity index is 743. The summed E-state index contributed by atoms with van der Waals surface area (Å²) >= 11 is 0. The smallest absolute Gasteiger partial charge is 0.208 e. The van der Waals surface area contributed by atoms with Gasteiger partial charge in [-0.15, -0.1) is 0 Å². The number of ether oxygens (including phenoxy) is 1. The molecule has 0 unspecified atom stereocenters. The number of sulfonamides is 1. The van der Waals surface area contributed by atoms with E-state index >= 15 is 0 Å². The lowest BCUT2D eigenvalue weighted by Crippen LogP contribution is -2.37. The van der Waals surface area contributed by atoms with Crippen LogP contribution in [0.1, 0.15) is 61.3 Å². The van der Waals surface area contributed by atoms with Crippen molar-refractivity contribution < 1.29 is 18.3 Å². The fourth-order valence-electron chi connectivity index (χ4n) is 3.53. The molecule has 2 rings (SSSR count). The number of hydrogen-bond donors (Lipinski definition) is 2. The normalized spacial score (nSPS) is 20.2. The van der Waals surface area contributed by atoms with Crippen molar-refractivity contribution in [1.29, 1.82) is 0 Å². The Hall–Kier alpha value is -1.27. The van der Waals surface area contributed by atoms with Gasteiger partial charge < -0.3 is 9.84 Å². The lowest BCUT2D eigenvalue weighted by Gasteiger charge is -2.38. The quantitative estimate of drug-likeness (QED) is 0.721. The molecule has 142 valence electrons. The molecular formula is C19H31NO4S. The lowest BCUT2D eigenvalue weighted by atomic mass is 9.84. The van der Waals surface area contributed by atoms with Crippen LogP contribution in [0.4, 0.5) is 0 Å². The van der Waals surface area contributed by atoms with Gasteiger partial charge in [0.05, 0.1) is 6.26 Å². The molecule has 0 fully saturated rings. The molecule has 25 heavy (non-hydrogen) atoms. The van der Waals surface area contributed by atoms with E-state index in [4.69, 9.17) is 4.74 Å². The summed E-state index contributed by atoms with van der Waals surface area (Å²) in [4.78, 5) is 0. The molecular weight excluding hydrogens is 338 g/mol. The second-order valence-electron chi connectivity index (χ2n) is 7.56. The SMILES string of the molecule is Cc1c(C)c2c(c(C)c1O)CC[C@@](C)(CCCCCNS(C)(=O)=O)O2. The minimum absolute atomic E-state index is 0.197. The summed E-state index contributed by atoms with van der Waals surface area (Å²) in [7, 11) is -3.09. The van der Waals surface area contributed by atoms with Crippen molar-refractivity contribution >= 4 is 10.0 Å². The summed E-state index contributed by atoms with van der Waals surface area (Å²) in [5, 5.41) is 10.3. The maximum atomic E-state index is 11.0. The maximum absolute atomic E-state index is 11.0. The summed E-state index contributed by atoms with van der Waals surface area (Å²) < 4.78 is 31.0. The molecule has 1 atom stereocenters. The van der Waals surface area contributed by atoms with Crippen molar-refractivity contribution in [3.05, 3.63) is 22.3 Å². The van der Waals surface area contributed by atoms with Crippen molar-refractivity contribution in [3.8, 4) is 11.5 Å². The van der Waals surface area contributed by atoms with E-state index < -0.39 is 10.0 Å². The molecule has 0 aliphatic carbocycles. The molecule has 5 nitrogen and oxygen atoms in total. The van der Waals surface area contributed by atoms with Crippen molar-refractivity contribution in [2.45, 2.75) is 71.8 Å². The van der Waals surface area contributed by atoms with E-state index in [1.165, 1.54) is 6.26 Å². The van der Waals surface area contributed by atoms with Crippen LogP contribution < -0.4 is 9.46 Å². The number of phenolic OH excluding ortho intramolecular Hbond substituents is 1. The first-order valence-corrected chi connectivity index (χ1v) is 10.9. The highest BCUT2D eigenvalue weighted by Gasteiger charge is 2.34. The number of aromatic hydroxyl groups is 1. The molecule has 2 N–H and O–H groups in total. The van der Waals surface area contributed by atoms with Gasteiger partial charge in [-0.2, -0.15) is 0 Å². The zero-order valence-corrected chi connectivity index (χ0v) is 16.8. The first-order valence-electron chi connectivity index (χ1n) is 8.99. The number of rotatable bonds is 7. The second-order valence-corrected chi connectivity index (χ2v) is 9.39. The summed E-state index contributed by atoms with van der Waals surface area (Å²) in [5.74, 6) is 1.34. The minimum atomic E-state index is -3.09. The average Bonchev–Trinajstić information content (AvgIpc) is 2.53. The predicted molar refractivity (Wildman–Crippen MR) is 101 cm³/mol. The van der Waals surface area contributed by atoms with Gasteiger partial charge in [0, 0.05) is 12.1 Å². The molecule has 0 aromatic heterocycles. The van der Waals surface area contributed by atoms with E-state index in [1.807, 2.05) is 20.8 Å². The number of nitrogens with one attached hydrogen (secondary N) is 1. The first-order chi connectivity index (χ1) is 11.5. The van der Waals surface area contributed by atoms with Gasteiger partial charge >= 0.3 is 0 Å². The second kappa shape index (κ2) is 7.54. The van der Waals surface area contributed by atoms with Crippen LogP contribution in [-0.2, 0) is 16.4 Å². The summed E-state index contributed by atoms with van der Waals surface area (Å²) in [6.07, 6.45) is 6.81. The highest BCUT2D eigenvalue weighted by Crippen LogP contribution is 2.44. The molecule has 0 radical (unpaired) electrons. The average molecular weight is 370 g/mol. The van der Waals surface area contributed by atoms with E-state index in [2.05, 4.69) is 11.6 Å². The molecule has 0 saturated heterocycles. The fraction of sp³-hybridized carbons (Fsp3) is 0.684. The number of phenols is 1. The van der Waals surface area contributed by atoms with Crippen LogP contribution >= 0.6 is 0 Å². The lowest BCUT2D eigenvalue weighted by molar-refractivity contribution is 0.0522. The highest BCUT2D eigenvalue weighted by molar-refractivity contribution is 7.88. The number of fused-ring (bicyclic) bond motifs is 1. The molecule has 1 aromatic rings. The van der Waals surface area contributed by atoms with Crippen molar-refractivity contribution in [3.63, 3.8) is 0 Å². The van der Waals surface area contributed by atoms with Crippen LogP contribution in [0.15, 0.2) is 0 Å². The van der Waals surface area contributed by atoms with Gasteiger partial charge in [0.1, 0.15) is 17.1 Å². The monoisotopic (exact) mass is 369 g/mol. The number of benzene rings is 1. The van der Waals surface area contributed by atoms with E-state index in [1.54, 1.807) is 0 Å². The third-order valence-corrected chi connectivity index (χ3v) is 6.07. The topological polar surface area (TPSA) is 75.6 Å². The summed E-state index contributed by atoms with van der Waals surface area (Å²) in [6, 6.07) is 0. The van der Waals surface area contributed by atoms with E-state index in [0.717, 1.165) is 66.5 Å². The van der Waals surface area contributed by atoms with Gasteiger partial charge in [-0.1, -0.05) is 6.42 Å². The van der Waals surface area contributed by atoms with Crippen LogP contribution in [0, 0.1) is 20.8 Å². The molecule has 0 amide bonds. The van der Waals surface area contributed by atoms with Gasteiger partial charge in [-0.25, -0.2) is 13.1 Å². The Morgan fingerprint density at radius 1 is 1.12 bits per heavy atom. The Balaban J connectivity index is 1.95. The Kier molecular flexibility index (Phi) is 6.05. The van der Waals surface area contributed by atoms with Crippen LogP contribution in [0.2, 0.25) is 0 Å². The molecule has 1 heterocycles. The molecule has 1 aliphatic heterocycles. The van der Waals surface area contributed by atoms with Gasteiger partial charge in [0.2, 0.25) is 10.0 Å². The van der Waals surface area contributed by atoms with Crippen molar-refractivity contribution in [1.82, 2.24) is 4.72 Å². The third kappa shape index (κ3) is 4.88. The van der Waals surface area contributed by atoms with Gasteiger partial charge in [0.15, 0.2) is 0 Å². The van der Waals surface area contributed by atoms with Crippen LogP contribution in [0.5, 0.6) is 11.5 Å². The van der Waals surface area contributed by atoms with Gasteiger partial charge in [-0.3, -0.25) is 0 Å². The first kappa shape index (κ1) is 20.0. The standard InChI is InChI=1S/C19H31NO4S/c1-13-14(2)18-16(15(3)17(13)21)9-11-19(4,24-18)10-7-6-8-12-20-25(5,22)23/h20-21H,6-12H2,1-5H3/t19-/m1/s1. The predicted octanol–water partition coefficient (Wildman–Crippen LogP) is 3.51. The third-order valence-electron chi connectivity index (χ3n) is 5.34. The summed E-state index contributed by atoms with van der Waals surface area (Å²) in [5.41, 5.74) is 3.80. The highest BCUT2D eigenvalue weighted by atomic mass is 32.2. The Morgan fingerprint density at radius 2 is 1.80 bits per heavy atom. The van der Waals surface area contributed by atoms with Crippen molar-refractivity contribution in [2.24, 2.45) is 0 Å². The zero-order chi connectivity index (χ0) is 18.8. The van der Waals surface area contributed by atoms with E-state index in [9.17, 15) is 13.5 Å². The minimum Gasteiger partial charge on any atom is -0.507 e. The maximum Gasteiger partial charge on any atom is 0.208 e. The molecule has 6 heteroatoms. The van der Waals surface area contributed by atoms with Crippen molar-refractivity contribution in [2.75, 3.05) is 12.8 Å². The molecule has 0 spiro atoms. The fourth-order valence-corrected chi connectivity index (χ4v) is 4.04. The van der Waals surface area contributed by atoms with Gasteiger partial charge in [0.25, 0.3) is 0 Å². The molecule has 1 aliphatic rings. The van der Waals surface area contributed by atoms with E-state index in [0.29, 0.717) is 12.3 Å². The molecule has 0 saturated carbocycles. The molecule has 0 bridgehead atoms. The summed E-state index contributed by atoms with van der Waals surface area (Å²) in [6.45, 7) is 8.55. The Labute approximate surface area is 151 Å². The van der Waals surface area contributed by atoms with Crippen LogP contribution in [0.25, 0.3) is 0 Å². The number of hydrogen-bond acceptors (Lipinski definition) is 4.